The number of nitrogens with zero attached hydrogens (tertiary/aromatic N) is 4. The second-order valence-electron chi connectivity index (χ2n) is 5.83. The van der Waals surface area contributed by atoms with E-state index < -0.39 is 28.3 Å². The summed E-state index contributed by atoms with van der Waals surface area (Å²) < 4.78 is 42.7. The van der Waals surface area contributed by atoms with E-state index in [4.69, 9.17) is 9.88 Å². The average molecular weight is 400 g/mol. The number of carbonyl (C=O) groups is 2. The summed E-state index contributed by atoms with van der Waals surface area (Å²) in [6.45, 7) is 1.45. The Morgan fingerprint density at radius 2 is 2.15 bits per heavy atom. The van der Waals surface area contributed by atoms with Gasteiger partial charge in [0.15, 0.2) is 6.23 Å². The Hall–Kier alpha value is -2.93. The second kappa shape index (κ2) is 7.00. The molecule has 0 unspecified atom stereocenters. The van der Waals surface area contributed by atoms with Crippen LogP contribution in [0.2, 0.25) is 0 Å². The van der Waals surface area contributed by atoms with Gasteiger partial charge in [-0.25, -0.2) is 14.3 Å². The van der Waals surface area contributed by atoms with Crippen LogP contribution >= 0.6 is 0 Å². The van der Waals surface area contributed by atoms with E-state index in [1.54, 1.807) is 0 Å². The fourth-order valence-electron chi connectivity index (χ4n) is 2.68. The van der Waals surface area contributed by atoms with Gasteiger partial charge in [0.2, 0.25) is 5.91 Å². The van der Waals surface area contributed by atoms with Crippen LogP contribution < -0.4 is 20.3 Å². The topological polar surface area (TPSA) is 138 Å². The lowest BCUT2D eigenvalue weighted by molar-refractivity contribution is -0.121. The van der Waals surface area contributed by atoms with E-state index in [0.717, 1.165) is 12.4 Å². The number of nitrogens with two attached hydrogens (primary N) is 1. The molecule has 0 radical (unpaired) electrons. The predicted octanol–water partition coefficient (Wildman–Crippen LogP) is -0.487. The maximum Gasteiger partial charge on any atom is 0.416 e. The van der Waals surface area contributed by atoms with Gasteiger partial charge in [-0.2, -0.15) is 17.9 Å². The molecule has 2 heterocycles. The molecular weight excluding hydrogens is 383 g/mol. The molecule has 0 spiro atoms. The minimum Gasteiger partial charge on any atom is -0.423 e. The van der Waals surface area contributed by atoms with Crippen molar-refractivity contribution in [2.24, 2.45) is 10.2 Å². The number of amides is 2. The number of hydrogen-bond donors (Lipinski definition) is 2. The van der Waals surface area contributed by atoms with E-state index in [-0.39, 0.29) is 36.9 Å². The number of nitrogens with one attached hydrogen (secondary N) is 1. The summed E-state index contributed by atoms with van der Waals surface area (Å²) in [4.78, 5) is 25.6. The number of anilines is 2. The zero-order valence-corrected chi connectivity index (χ0v) is 15.0. The third kappa shape index (κ3) is 4.09. The summed E-state index contributed by atoms with van der Waals surface area (Å²) in [7, 11) is -3.95. The first-order valence-electron chi connectivity index (χ1n) is 7.81. The summed E-state index contributed by atoms with van der Waals surface area (Å²) in [6.07, 6.45) is -0.358. The Morgan fingerprint density at radius 3 is 2.70 bits per heavy atom. The van der Waals surface area contributed by atoms with Crippen LogP contribution in [0.4, 0.5) is 20.6 Å². The van der Waals surface area contributed by atoms with Gasteiger partial charge in [0.1, 0.15) is 12.2 Å². The normalized spacial score (nSPS) is 20.0. The van der Waals surface area contributed by atoms with E-state index in [1.165, 1.54) is 28.9 Å². The Labute approximate surface area is 154 Å². The quantitative estimate of drug-likeness (QED) is 0.700. The van der Waals surface area contributed by atoms with E-state index in [0.29, 0.717) is 4.41 Å². The third-order valence-electron chi connectivity index (χ3n) is 3.87. The van der Waals surface area contributed by atoms with Crippen LogP contribution in [0.3, 0.4) is 0 Å². The molecule has 2 aliphatic heterocycles. The molecule has 146 valence electrons. The van der Waals surface area contributed by atoms with Crippen molar-refractivity contribution in [2.75, 3.05) is 29.4 Å². The van der Waals surface area contributed by atoms with Crippen molar-refractivity contribution < 1.29 is 27.1 Å². The SMILES string of the molecule is CC(=O)N[C@H]1CN(c2ccc(N3C=NN(S(N)(=O)=O)CC3)c(F)c2)C(=O)O1. The molecule has 1 saturated heterocycles. The summed E-state index contributed by atoms with van der Waals surface area (Å²) in [5.74, 6) is -0.993. The van der Waals surface area contributed by atoms with Crippen LogP contribution in [-0.2, 0) is 19.7 Å². The molecule has 0 saturated carbocycles. The van der Waals surface area contributed by atoms with Crippen LogP contribution in [0.25, 0.3) is 0 Å². The minimum atomic E-state index is -3.95. The average Bonchev–Trinajstić information content (AvgIpc) is 2.93. The first-order chi connectivity index (χ1) is 12.6. The Bertz CT molecular complexity index is 907. The summed E-state index contributed by atoms with van der Waals surface area (Å²) in [5.41, 5.74) is 0.414. The van der Waals surface area contributed by atoms with Gasteiger partial charge >= 0.3 is 16.3 Å². The molecule has 3 N–H and O–H groups in total. The van der Waals surface area contributed by atoms with E-state index in [2.05, 4.69) is 10.4 Å². The van der Waals surface area contributed by atoms with E-state index >= 15 is 0 Å². The monoisotopic (exact) mass is 400 g/mol. The Kier molecular flexibility index (Phi) is 4.89. The van der Waals surface area contributed by atoms with E-state index in [1.807, 2.05) is 0 Å². The molecule has 1 atom stereocenters. The highest BCUT2D eigenvalue weighted by molar-refractivity contribution is 7.86. The number of rotatable bonds is 4. The number of benzene rings is 1. The maximum absolute atomic E-state index is 14.5. The number of hydrazone groups is 1. The molecule has 1 fully saturated rings. The second-order valence-corrected chi connectivity index (χ2v) is 7.29. The first kappa shape index (κ1) is 18.8. The molecule has 2 aliphatic rings. The highest BCUT2D eigenvalue weighted by Crippen LogP contribution is 2.27. The smallest absolute Gasteiger partial charge is 0.416 e. The molecule has 11 nitrogen and oxygen atoms in total. The van der Waals surface area contributed by atoms with Gasteiger partial charge in [-0.15, -0.1) is 0 Å². The number of carbonyl (C=O) groups excluding carboxylic acids is 2. The van der Waals surface area contributed by atoms with Crippen molar-refractivity contribution >= 4 is 39.9 Å². The third-order valence-corrected chi connectivity index (χ3v) is 4.74. The van der Waals surface area contributed by atoms with Crippen molar-refractivity contribution in [3.63, 3.8) is 0 Å². The van der Waals surface area contributed by atoms with Crippen molar-refractivity contribution in [1.29, 1.82) is 0 Å². The molecular formula is C14H17FN6O5S. The molecule has 1 aromatic carbocycles. The van der Waals surface area contributed by atoms with Gasteiger partial charge in [-0.1, -0.05) is 0 Å². The molecule has 1 aromatic rings. The summed E-state index contributed by atoms with van der Waals surface area (Å²) in [6, 6.07) is 4.09. The van der Waals surface area contributed by atoms with Crippen molar-refractivity contribution in [3.8, 4) is 0 Å². The molecule has 2 amide bonds. The number of halogens is 1. The fraction of sp³-hybridized carbons (Fsp3) is 0.357. The van der Waals surface area contributed by atoms with Crippen LogP contribution in [0.5, 0.6) is 0 Å². The molecule has 13 heteroatoms. The Balaban J connectivity index is 1.75. The predicted molar refractivity (Wildman–Crippen MR) is 93.5 cm³/mol. The molecule has 3 rings (SSSR count). The van der Waals surface area contributed by atoms with Gasteiger partial charge in [0.25, 0.3) is 0 Å². The number of hydrogen-bond acceptors (Lipinski definition) is 7. The van der Waals surface area contributed by atoms with E-state index in [9.17, 15) is 22.4 Å². The lowest BCUT2D eigenvalue weighted by Crippen LogP contribution is -2.43. The fourth-order valence-corrected chi connectivity index (χ4v) is 3.19. The Morgan fingerprint density at radius 1 is 1.41 bits per heavy atom. The minimum absolute atomic E-state index is 0.0344. The van der Waals surface area contributed by atoms with Gasteiger partial charge in [-0.3, -0.25) is 9.69 Å². The molecule has 0 bridgehead atoms. The van der Waals surface area contributed by atoms with Crippen molar-refractivity contribution in [1.82, 2.24) is 9.73 Å². The molecule has 0 aliphatic carbocycles. The maximum atomic E-state index is 14.5. The van der Waals surface area contributed by atoms with Crippen LogP contribution in [0.1, 0.15) is 6.92 Å². The van der Waals surface area contributed by atoms with Gasteiger partial charge < -0.3 is 15.0 Å². The van der Waals surface area contributed by atoms with Crippen molar-refractivity contribution in [2.45, 2.75) is 13.2 Å². The van der Waals surface area contributed by atoms with Crippen LogP contribution in [0, 0.1) is 5.82 Å². The zero-order chi connectivity index (χ0) is 19.8. The van der Waals surface area contributed by atoms with Crippen molar-refractivity contribution in [3.05, 3.63) is 24.0 Å². The summed E-state index contributed by atoms with van der Waals surface area (Å²) in [5, 5.41) is 11.1. The highest BCUT2D eigenvalue weighted by Gasteiger charge is 2.33. The molecule has 27 heavy (non-hydrogen) atoms. The number of cyclic esters (lactones) is 1. The summed E-state index contributed by atoms with van der Waals surface area (Å²) >= 11 is 0. The van der Waals surface area contributed by atoms with Gasteiger partial charge in [0.05, 0.1) is 24.5 Å². The first-order valence-corrected chi connectivity index (χ1v) is 9.31. The highest BCUT2D eigenvalue weighted by atomic mass is 32.2. The van der Waals surface area contributed by atoms with Crippen LogP contribution in [0.15, 0.2) is 23.3 Å². The lowest BCUT2D eigenvalue weighted by atomic mass is 10.2. The van der Waals surface area contributed by atoms with Crippen LogP contribution in [-0.4, -0.2) is 57.0 Å². The van der Waals surface area contributed by atoms with Gasteiger partial charge in [-0.05, 0) is 18.2 Å². The molecule has 0 aromatic heterocycles. The van der Waals surface area contributed by atoms with Gasteiger partial charge in [0, 0.05) is 13.5 Å². The lowest BCUT2D eigenvalue weighted by Gasteiger charge is -2.28. The standard InChI is InChI=1S/C14H17FN6O5S/c1-9(22)18-13-7-20(14(23)26-13)10-2-3-12(11(15)6-10)19-4-5-21(17-8-19)27(16,24)25/h2-3,6,8,13H,4-5,7H2,1H3,(H,18,22)(H2,16,24,25)/t13-/m1/s1. The largest absolute Gasteiger partial charge is 0.423 e. The number of ether oxygens (including phenoxy) is 1. The zero-order valence-electron chi connectivity index (χ0n) is 14.2.